The van der Waals surface area contributed by atoms with Crippen LogP contribution in [0.2, 0.25) is 0 Å². The molecule has 0 atom stereocenters. The fourth-order valence-electron chi connectivity index (χ4n) is 2.67. The fraction of sp³-hybridized carbons (Fsp3) is 0. The second-order valence-electron chi connectivity index (χ2n) is 5.98. The van der Waals surface area contributed by atoms with E-state index in [1.54, 1.807) is 0 Å². The van der Waals surface area contributed by atoms with Crippen LogP contribution in [0.4, 0.5) is 28.6 Å². The van der Waals surface area contributed by atoms with Gasteiger partial charge in [-0.3, -0.25) is 5.10 Å². The van der Waals surface area contributed by atoms with Crippen molar-refractivity contribution in [2.24, 2.45) is 0 Å². The summed E-state index contributed by atoms with van der Waals surface area (Å²) in [7, 11) is 0. The number of nitrogen functional groups attached to an aromatic ring is 1. The van der Waals surface area contributed by atoms with Crippen molar-refractivity contribution in [2.75, 3.05) is 16.4 Å². The lowest BCUT2D eigenvalue weighted by molar-refractivity contribution is 1.10. The molecule has 5 heteroatoms. The smallest absolute Gasteiger partial charge is 0.152 e. The minimum Gasteiger partial charge on any atom is -0.399 e. The van der Waals surface area contributed by atoms with Crippen LogP contribution in [0.1, 0.15) is 0 Å². The van der Waals surface area contributed by atoms with E-state index < -0.39 is 0 Å². The number of nitrogens with zero attached hydrogens (tertiary/aromatic N) is 1. The summed E-state index contributed by atoms with van der Waals surface area (Å²) >= 11 is 0. The molecule has 0 saturated heterocycles. The van der Waals surface area contributed by atoms with Gasteiger partial charge in [-0.2, -0.15) is 5.10 Å². The third-order valence-corrected chi connectivity index (χ3v) is 4.02. The number of nitrogens with one attached hydrogen (secondary N) is 3. The van der Waals surface area contributed by atoms with Crippen LogP contribution >= 0.6 is 0 Å². The lowest BCUT2D eigenvalue weighted by Gasteiger charge is -2.08. The molecule has 4 rings (SSSR count). The summed E-state index contributed by atoms with van der Waals surface area (Å²) in [5.41, 5.74) is 11.5. The molecular formula is C21H19N5. The molecule has 1 aromatic heterocycles. The maximum Gasteiger partial charge on any atom is 0.152 e. The molecule has 26 heavy (non-hydrogen) atoms. The molecule has 0 aliphatic rings. The van der Waals surface area contributed by atoms with Crippen LogP contribution in [0.15, 0.2) is 84.9 Å². The summed E-state index contributed by atoms with van der Waals surface area (Å²) in [4.78, 5) is 0. The number of rotatable bonds is 5. The number of anilines is 5. The first-order valence-corrected chi connectivity index (χ1v) is 8.37. The number of benzene rings is 3. The third-order valence-electron chi connectivity index (χ3n) is 4.02. The molecule has 0 saturated carbocycles. The van der Waals surface area contributed by atoms with Gasteiger partial charge in [0.15, 0.2) is 5.82 Å². The number of para-hydroxylation sites is 1. The Balaban J connectivity index is 1.44. The number of nitrogens with two attached hydrogens (primary N) is 1. The molecule has 128 valence electrons. The second-order valence-corrected chi connectivity index (χ2v) is 5.98. The predicted molar refractivity (Wildman–Crippen MR) is 108 cm³/mol. The van der Waals surface area contributed by atoms with E-state index in [2.05, 4.69) is 20.8 Å². The molecule has 0 fully saturated rings. The highest BCUT2D eigenvalue weighted by Crippen LogP contribution is 2.24. The van der Waals surface area contributed by atoms with Crippen LogP contribution in [0.5, 0.6) is 0 Å². The van der Waals surface area contributed by atoms with Crippen molar-refractivity contribution in [1.82, 2.24) is 10.2 Å². The molecule has 4 aromatic rings. The van der Waals surface area contributed by atoms with Gasteiger partial charge in [-0.25, -0.2) is 0 Å². The van der Waals surface area contributed by atoms with Crippen LogP contribution in [0.3, 0.4) is 0 Å². The van der Waals surface area contributed by atoms with E-state index in [1.807, 2.05) is 84.9 Å². The van der Waals surface area contributed by atoms with Gasteiger partial charge in [-0.05, 0) is 54.1 Å². The van der Waals surface area contributed by atoms with Crippen LogP contribution in [0.25, 0.3) is 11.3 Å². The molecule has 0 unspecified atom stereocenters. The first-order chi connectivity index (χ1) is 12.8. The van der Waals surface area contributed by atoms with Gasteiger partial charge >= 0.3 is 0 Å². The topological polar surface area (TPSA) is 78.8 Å². The standard InChI is InChI=1S/C21H19N5/c22-16-8-6-15(7-9-16)20-14-21(26-25-20)24-19-12-10-18(11-13-19)23-17-4-2-1-3-5-17/h1-14,23H,22H2,(H2,24,25,26). The van der Waals surface area contributed by atoms with Gasteiger partial charge in [-0.15, -0.1) is 0 Å². The van der Waals surface area contributed by atoms with E-state index >= 15 is 0 Å². The zero-order chi connectivity index (χ0) is 17.8. The van der Waals surface area contributed by atoms with E-state index in [4.69, 9.17) is 5.73 Å². The predicted octanol–water partition coefficient (Wildman–Crippen LogP) is 5.15. The van der Waals surface area contributed by atoms with Gasteiger partial charge in [0.05, 0.1) is 5.69 Å². The number of aromatic nitrogens is 2. The van der Waals surface area contributed by atoms with E-state index in [1.165, 1.54) is 0 Å². The molecule has 1 heterocycles. The Morgan fingerprint density at radius 2 is 1.31 bits per heavy atom. The minimum atomic E-state index is 0.746. The molecule has 0 radical (unpaired) electrons. The SMILES string of the molecule is Nc1ccc(-c2cc(Nc3ccc(Nc4ccccc4)cc3)n[nH]2)cc1. The normalized spacial score (nSPS) is 10.5. The lowest BCUT2D eigenvalue weighted by Crippen LogP contribution is -1.92. The quantitative estimate of drug-likeness (QED) is 0.379. The Morgan fingerprint density at radius 1 is 0.692 bits per heavy atom. The summed E-state index contributed by atoms with van der Waals surface area (Å²) in [6.45, 7) is 0. The van der Waals surface area contributed by atoms with Crippen molar-refractivity contribution in [3.63, 3.8) is 0 Å². The number of H-pyrrole nitrogens is 1. The molecule has 5 N–H and O–H groups in total. The average Bonchev–Trinajstić information content (AvgIpc) is 3.13. The molecule has 3 aromatic carbocycles. The van der Waals surface area contributed by atoms with Crippen LogP contribution in [0, 0.1) is 0 Å². The first kappa shape index (κ1) is 15.8. The summed E-state index contributed by atoms with van der Waals surface area (Å²) in [5, 5.41) is 14.0. The summed E-state index contributed by atoms with van der Waals surface area (Å²) in [6.07, 6.45) is 0. The van der Waals surface area contributed by atoms with Gasteiger partial charge in [-0.1, -0.05) is 30.3 Å². The second kappa shape index (κ2) is 7.03. The fourth-order valence-corrected chi connectivity index (χ4v) is 2.67. The monoisotopic (exact) mass is 341 g/mol. The van der Waals surface area contributed by atoms with Crippen molar-refractivity contribution in [3.8, 4) is 11.3 Å². The largest absolute Gasteiger partial charge is 0.399 e. The number of aromatic amines is 1. The van der Waals surface area contributed by atoms with E-state index in [0.717, 1.165) is 39.8 Å². The highest BCUT2D eigenvalue weighted by atomic mass is 15.2. The molecule has 0 bridgehead atoms. The van der Waals surface area contributed by atoms with E-state index in [9.17, 15) is 0 Å². The van der Waals surface area contributed by atoms with Crippen LogP contribution < -0.4 is 16.4 Å². The molecule has 5 nitrogen and oxygen atoms in total. The molecule has 0 aliphatic heterocycles. The molecular weight excluding hydrogens is 322 g/mol. The van der Waals surface area contributed by atoms with Gasteiger partial charge in [0.2, 0.25) is 0 Å². The third kappa shape index (κ3) is 3.67. The summed E-state index contributed by atoms with van der Waals surface area (Å²) in [6, 6.07) is 27.9. The zero-order valence-electron chi connectivity index (χ0n) is 14.1. The Labute approximate surface area is 151 Å². The van der Waals surface area contributed by atoms with Crippen molar-refractivity contribution >= 4 is 28.6 Å². The maximum absolute atomic E-state index is 5.73. The van der Waals surface area contributed by atoms with Crippen molar-refractivity contribution in [3.05, 3.63) is 84.9 Å². The highest BCUT2D eigenvalue weighted by Gasteiger charge is 2.04. The van der Waals surface area contributed by atoms with Gasteiger partial charge < -0.3 is 16.4 Å². The minimum absolute atomic E-state index is 0.746. The van der Waals surface area contributed by atoms with Crippen molar-refractivity contribution in [2.45, 2.75) is 0 Å². The van der Waals surface area contributed by atoms with E-state index in [0.29, 0.717) is 0 Å². The molecule has 0 amide bonds. The van der Waals surface area contributed by atoms with Crippen molar-refractivity contribution < 1.29 is 0 Å². The average molecular weight is 341 g/mol. The highest BCUT2D eigenvalue weighted by molar-refractivity contribution is 5.69. The van der Waals surface area contributed by atoms with Crippen LogP contribution in [-0.4, -0.2) is 10.2 Å². The molecule has 0 spiro atoms. The lowest BCUT2D eigenvalue weighted by atomic mass is 10.1. The zero-order valence-corrected chi connectivity index (χ0v) is 14.1. The van der Waals surface area contributed by atoms with Crippen LogP contribution in [-0.2, 0) is 0 Å². The number of hydrogen-bond donors (Lipinski definition) is 4. The Hall–Kier alpha value is -3.73. The van der Waals surface area contributed by atoms with Crippen molar-refractivity contribution in [1.29, 1.82) is 0 Å². The van der Waals surface area contributed by atoms with Gasteiger partial charge in [0, 0.05) is 28.8 Å². The van der Waals surface area contributed by atoms with Gasteiger partial charge in [0.1, 0.15) is 0 Å². The summed E-state index contributed by atoms with van der Waals surface area (Å²) < 4.78 is 0. The first-order valence-electron chi connectivity index (χ1n) is 8.37. The Morgan fingerprint density at radius 3 is 2.00 bits per heavy atom. The Bertz CT molecular complexity index is 973. The van der Waals surface area contributed by atoms with E-state index in [-0.39, 0.29) is 0 Å². The summed E-state index contributed by atoms with van der Waals surface area (Å²) in [5.74, 6) is 0.764. The molecule has 0 aliphatic carbocycles. The maximum atomic E-state index is 5.73. The Kier molecular flexibility index (Phi) is 4.26. The van der Waals surface area contributed by atoms with Gasteiger partial charge in [0.25, 0.3) is 0 Å². The number of hydrogen-bond acceptors (Lipinski definition) is 4.